The first-order valence-corrected chi connectivity index (χ1v) is 8.26. The molecule has 2 atom stereocenters. The van der Waals surface area contributed by atoms with Crippen molar-refractivity contribution in [2.45, 2.75) is 39.7 Å². The zero-order valence-corrected chi connectivity index (χ0v) is 15.1. The van der Waals surface area contributed by atoms with Gasteiger partial charge in [-0.05, 0) is 29.5 Å². The first kappa shape index (κ1) is 18.6. The number of aromatic hydroxyl groups is 1. The maximum atomic E-state index is 10.4. The second-order valence-electron chi connectivity index (χ2n) is 6.13. The summed E-state index contributed by atoms with van der Waals surface area (Å²) in [7, 11) is 1.54. The van der Waals surface area contributed by atoms with E-state index in [1.165, 1.54) is 7.11 Å². The number of methoxy groups -OCH3 is 1. The molecule has 1 aromatic heterocycles. The molecule has 0 saturated carbocycles. The summed E-state index contributed by atoms with van der Waals surface area (Å²) in [6.45, 7) is 6.84. The molecule has 25 heavy (non-hydrogen) atoms. The molecule has 8 nitrogen and oxygen atoms in total. The minimum absolute atomic E-state index is 0.0379. The molecule has 0 bridgehead atoms. The van der Waals surface area contributed by atoms with Gasteiger partial charge in [-0.2, -0.15) is 15.0 Å². The third-order valence-corrected chi connectivity index (χ3v) is 4.53. The minimum atomic E-state index is 0.0379. The number of nitrogen functional groups attached to an aromatic ring is 2. The maximum Gasteiger partial charge on any atom is 0.229 e. The van der Waals surface area contributed by atoms with Gasteiger partial charge in [-0.25, -0.2) is 0 Å². The zero-order valence-electron chi connectivity index (χ0n) is 15.1. The topological polar surface area (TPSA) is 132 Å². The summed E-state index contributed by atoms with van der Waals surface area (Å²) < 4.78 is 5.32. The molecule has 2 aromatic rings. The van der Waals surface area contributed by atoms with Crippen molar-refractivity contribution >= 4 is 17.8 Å². The van der Waals surface area contributed by atoms with Gasteiger partial charge in [0.05, 0.1) is 7.11 Å². The van der Waals surface area contributed by atoms with Crippen LogP contribution in [0.1, 0.15) is 44.2 Å². The number of hydrogen-bond acceptors (Lipinski definition) is 8. The highest BCUT2D eigenvalue weighted by molar-refractivity contribution is 5.50. The van der Waals surface area contributed by atoms with E-state index in [0.717, 1.165) is 12.0 Å². The molecular formula is C17H26N6O2. The van der Waals surface area contributed by atoms with Crippen molar-refractivity contribution in [3.8, 4) is 11.5 Å². The van der Waals surface area contributed by atoms with Crippen molar-refractivity contribution < 1.29 is 9.84 Å². The summed E-state index contributed by atoms with van der Waals surface area (Å²) in [4.78, 5) is 11.7. The van der Waals surface area contributed by atoms with Gasteiger partial charge in [-0.1, -0.05) is 27.2 Å². The molecule has 6 N–H and O–H groups in total. The Labute approximate surface area is 147 Å². The van der Waals surface area contributed by atoms with E-state index < -0.39 is 0 Å². The number of phenolic OH excluding ortho intramolecular Hbond substituents is 1. The number of rotatable bonds is 7. The summed E-state index contributed by atoms with van der Waals surface area (Å²) in [5, 5.41) is 13.4. The molecule has 2 unspecified atom stereocenters. The molecule has 2 rings (SSSR count). The molecule has 0 aliphatic carbocycles. The number of nitrogens with zero attached hydrogens (tertiary/aromatic N) is 3. The second-order valence-corrected chi connectivity index (χ2v) is 6.13. The van der Waals surface area contributed by atoms with Crippen molar-refractivity contribution in [1.29, 1.82) is 0 Å². The Bertz CT molecular complexity index is 717. The van der Waals surface area contributed by atoms with Gasteiger partial charge in [0.2, 0.25) is 17.8 Å². The van der Waals surface area contributed by atoms with Crippen LogP contribution in [0.4, 0.5) is 17.8 Å². The summed E-state index contributed by atoms with van der Waals surface area (Å²) in [5.74, 6) is 1.71. The van der Waals surface area contributed by atoms with Crippen molar-refractivity contribution in [1.82, 2.24) is 15.0 Å². The van der Waals surface area contributed by atoms with Crippen LogP contribution in [0.3, 0.4) is 0 Å². The van der Waals surface area contributed by atoms with Gasteiger partial charge in [0.25, 0.3) is 0 Å². The van der Waals surface area contributed by atoms with E-state index >= 15 is 0 Å². The Morgan fingerprint density at radius 1 is 1.16 bits per heavy atom. The number of phenols is 1. The van der Waals surface area contributed by atoms with Gasteiger partial charge in [-0.3, -0.25) is 0 Å². The van der Waals surface area contributed by atoms with Crippen LogP contribution < -0.4 is 21.5 Å². The molecule has 1 heterocycles. The number of hydrogen-bond donors (Lipinski definition) is 4. The van der Waals surface area contributed by atoms with Crippen LogP contribution in [0.25, 0.3) is 0 Å². The number of benzene rings is 1. The van der Waals surface area contributed by atoms with Crippen LogP contribution in [0.15, 0.2) is 12.1 Å². The van der Waals surface area contributed by atoms with Crippen molar-refractivity contribution in [3.63, 3.8) is 0 Å². The first-order valence-electron chi connectivity index (χ1n) is 8.26. The normalized spacial score (nSPS) is 13.3. The molecule has 1 aromatic carbocycles. The van der Waals surface area contributed by atoms with Gasteiger partial charge in [0.1, 0.15) is 0 Å². The summed E-state index contributed by atoms with van der Waals surface area (Å²) in [5.41, 5.74) is 12.9. The monoisotopic (exact) mass is 346 g/mol. The van der Waals surface area contributed by atoms with E-state index in [1.54, 1.807) is 0 Å². The van der Waals surface area contributed by atoms with Gasteiger partial charge < -0.3 is 26.6 Å². The zero-order chi connectivity index (χ0) is 18.6. The highest BCUT2D eigenvalue weighted by Crippen LogP contribution is 2.36. The summed E-state index contributed by atoms with van der Waals surface area (Å²) in [6, 6.07) is 3.85. The number of nitrogens with one attached hydrogen (secondary N) is 1. The molecule has 8 heteroatoms. The number of nitrogens with two attached hydrogens (primary N) is 2. The van der Waals surface area contributed by atoms with Gasteiger partial charge >= 0.3 is 0 Å². The van der Waals surface area contributed by atoms with Gasteiger partial charge in [0.15, 0.2) is 11.5 Å². The van der Waals surface area contributed by atoms with Crippen LogP contribution in [0, 0.1) is 5.92 Å². The largest absolute Gasteiger partial charge is 0.504 e. The Hall–Kier alpha value is -2.77. The van der Waals surface area contributed by atoms with Crippen LogP contribution >= 0.6 is 0 Å². The lowest BCUT2D eigenvalue weighted by Gasteiger charge is -2.21. The molecule has 0 aliphatic rings. The number of ether oxygens (including phenoxy) is 1. The summed E-state index contributed by atoms with van der Waals surface area (Å²) in [6.07, 6.45) is 1.07. The van der Waals surface area contributed by atoms with Crippen molar-refractivity contribution in [3.05, 3.63) is 23.3 Å². The fourth-order valence-corrected chi connectivity index (χ4v) is 2.59. The van der Waals surface area contributed by atoms with Crippen LogP contribution in [-0.4, -0.2) is 27.2 Å². The molecule has 0 saturated heterocycles. The van der Waals surface area contributed by atoms with Crippen molar-refractivity contribution in [2.75, 3.05) is 23.9 Å². The fourth-order valence-electron chi connectivity index (χ4n) is 2.59. The first-order chi connectivity index (χ1) is 11.8. The standard InChI is InChI=1S/C17H26N6O2/c1-5-9(2)10(3)11-6-12(14(24)13(7-11)25-4)8-20-17-22-15(18)21-16(19)23-17/h6-7,9-10,24H,5,8H2,1-4H3,(H5,18,19,20,21,22,23). The molecule has 0 aliphatic heterocycles. The van der Waals surface area contributed by atoms with Crippen LogP contribution in [0.5, 0.6) is 11.5 Å². The van der Waals surface area contributed by atoms with Crippen molar-refractivity contribution in [2.24, 2.45) is 5.92 Å². The number of anilines is 3. The molecule has 0 fully saturated rings. The van der Waals surface area contributed by atoms with E-state index in [2.05, 4.69) is 41.0 Å². The Balaban J connectivity index is 2.29. The molecule has 136 valence electrons. The molecular weight excluding hydrogens is 320 g/mol. The average molecular weight is 346 g/mol. The highest BCUT2D eigenvalue weighted by Gasteiger charge is 2.18. The van der Waals surface area contributed by atoms with Gasteiger partial charge in [-0.15, -0.1) is 0 Å². The predicted molar refractivity (Wildman–Crippen MR) is 98.5 cm³/mol. The van der Waals surface area contributed by atoms with Crippen LogP contribution in [-0.2, 0) is 6.54 Å². The average Bonchev–Trinajstić information content (AvgIpc) is 2.58. The lowest BCUT2D eigenvalue weighted by Crippen LogP contribution is -2.10. The van der Waals surface area contributed by atoms with E-state index in [1.807, 2.05) is 12.1 Å². The highest BCUT2D eigenvalue weighted by atomic mass is 16.5. The lowest BCUT2D eigenvalue weighted by molar-refractivity contribution is 0.368. The Morgan fingerprint density at radius 3 is 2.36 bits per heavy atom. The smallest absolute Gasteiger partial charge is 0.229 e. The Morgan fingerprint density at radius 2 is 1.80 bits per heavy atom. The van der Waals surface area contributed by atoms with Gasteiger partial charge in [0, 0.05) is 12.1 Å². The molecule has 0 radical (unpaired) electrons. The maximum absolute atomic E-state index is 10.4. The van der Waals surface area contributed by atoms with E-state index in [0.29, 0.717) is 29.7 Å². The second kappa shape index (κ2) is 7.87. The van der Waals surface area contributed by atoms with E-state index in [4.69, 9.17) is 16.2 Å². The third-order valence-electron chi connectivity index (χ3n) is 4.53. The SMILES string of the molecule is CCC(C)C(C)c1cc(CNc2nc(N)nc(N)n2)c(O)c(OC)c1. The minimum Gasteiger partial charge on any atom is -0.504 e. The molecule has 0 amide bonds. The summed E-state index contributed by atoms with van der Waals surface area (Å²) >= 11 is 0. The van der Waals surface area contributed by atoms with E-state index in [9.17, 15) is 5.11 Å². The lowest BCUT2D eigenvalue weighted by atomic mass is 9.86. The van der Waals surface area contributed by atoms with Crippen LogP contribution in [0.2, 0.25) is 0 Å². The van der Waals surface area contributed by atoms with E-state index in [-0.39, 0.29) is 23.6 Å². The third kappa shape index (κ3) is 4.40. The number of aromatic nitrogens is 3. The fraction of sp³-hybridized carbons (Fsp3) is 0.471. The Kier molecular flexibility index (Phi) is 5.84. The quantitative estimate of drug-likeness (QED) is 0.601. The predicted octanol–water partition coefficient (Wildman–Crippen LogP) is 2.51. The molecule has 0 spiro atoms.